The Hall–Kier alpha value is -2.19. The zero-order valence-corrected chi connectivity index (χ0v) is 17.2. The molecule has 0 radical (unpaired) electrons. The molecule has 27 heavy (non-hydrogen) atoms. The van der Waals surface area contributed by atoms with Gasteiger partial charge in [-0.1, -0.05) is 43.9 Å². The molecule has 1 N–H and O–H groups in total. The molecule has 3 heterocycles. The summed E-state index contributed by atoms with van der Waals surface area (Å²) in [6, 6.07) is 3.74. The molecule has 2 aromatic rings. The Morgan fingerprint density at radius 2 is 2.04 bits per heavy atom. The predicted octanol–water partition coefficient (Wildman–Crippen LogP) is 3.44. The average Bonchev–Trinajstić information content (AvgIpc) is 2.91. The molecule has 0 unspecified atom stereocenters. The van der Waals surface area contributed by atoms with Gasteiger partial charge in [-0.3, -0.25) is 18.9 Å². The molecule has 2 aromatic heterocycles. The van der Waals surface area contributed by atoms with Gasteiger partial charge in [0.15, 0.2) is 0 Å². The van der Waals surface area contributed by atoms with Gasteiger partial charge in [0.2, 0.25) is 0 Å². The fourth-order valence-electron chi connectivity index (χ4n) is 2.81. The molecule has 0 atom stereocenters. The number of aromatic nitrogens is 2. The number of pyridine rings is 1. The van der Waals surface area contributed by atoms with Crippen LogP contribution in [0.1, 0.15) is 37.8 Å². The number of hydrogen-bond acceptors (Lipinski definition) is 6. The molecular formula is C19H22N4O2S2. The number of carbonyl (C=O) groups is 1. The normalized spacial score (nSPS) is 16.0. The van der Waals surface area contributed by atoms with Crippen LogP contribution in [0.5, 0.6) is 0 Å². The maximum Gasteiger partial charge on any atom is 0.267 e. The highest BCUT2D eigenvalue weighted by Crippen LogP contribution is 2.33. The molecule has 142 valence electrons. The Balaban J connectivity index is 2.14. The van der Waals surface area contributed by atoms with E-state index in [9.17, 15) is 9.59 Å². The van der Waals surface area contributed by atoms with E-state index in [0.717, 1.165) is 18.4 Å². The summed E-state index contributed by atoms with van der Waals surface area (Å²) in [6.45, 7) is 7.23. The standard InChI is InChI=1S/C19H22N4O2S2/c1-4-8-20-16-13(10-14-18(25)22(9-5-2)19(26)27-14)17(24)23-11-12(3)6-7-15(23)21-16/h6-7,10-11,20H,4-5,8-9H2,1-3H3/b14-10+. The lowest BCUT2D eigenvalue weighted by atomic mass is 10.2. The second kappa shape index (κ2) is 8.22. The van der Waals surface area contributed by atoms with E-state index in [1.165, 1.54) is 16.2 Å². The summed E-state index contributed by atoms with van der Waals surface area (Å²) in [5.74, 6) is 0.341. The van der Waals surface area contributed by atoms with Crippen LogP contribution in [-0.2, 0) is 4.79 Å². The summed E-state index contributed by atoms with van der Waals surface area (Å²) in [5.41, 5.74) is 1.70. The van der Waals surface area contributed by atoms with E-state index in [1.807, 2.05) is 32.9 Å². The number of nitrogens with zero attached hydrogens (tertiary/aromatic N) is 3. The van der Waals surface area contributed by atoms with Gasteiger partial charge < -0.3 is 5.32 Å². The van der Waals surface area contributed by atoms with Crippen molar-refractivity contribution in [3.63, 3.8) is 0 Å². The number of hydrogen-bond donors (Lipinski definition) is 1. The summed E-state index contributed by atoms with van der Waals surface area (Å²) >= 11 is 6.55. The van der Waals surface area contributed by atoms with E-state index in [2.05, 4.69) is 10.3 Å². The third-order valence-corrected chi connectivity index (χ3v) is 5.52. The number of rotatable bonds is 6. The Labute approximate surface area is 167 Å². The second-order valence-corrected chi connectivity index (χ2v) is 8.05. The second-order valence-electron chi connectivity index (χ2n) is 6.37. The Kier molecular flexibility index (Phi) is 5.96. The SMILES string of the molecule is CCCNc1nc2ccc(C)cn2c(=O)c1/C=C1/SC(=S)N(CCC)C1=O. The van der Waals surface area contributed by atoms with Crippen LogP contribution in [0.3, 0.4) is 0 Å². The first-order valence-electron chi connectivity index (χ1n) is 8.98. The van der Waals surface area contributed by atoms with Gasteiger partial charge in [-0.15, -0.1) is 0 Å². The number of anilines is 1. The first kappa shape index (κ1) is 19.6. The zero-order chi connectivity index (χ0) is 19.6. The maximum absolute atomic E-state index is 13.1. The molecule has 1 fully saturated rings. The van der Waals surface area contributed by atoms with Gasteiger partial charge in [0.1, 0.15) is 15.8 Å². The molecule has 1 aliphatic rings. The number of nitrogens with one attached hydrogen (secondary N) is 1. The molecule has 8 heteroatoms. The van der Waals surface area contributed by atoms with Gasteiger partial charge in [-0.25, -0.2) is 4.98 Å². The van der Waals surface area contributed by atoms with Crippen molar-refractivity contribution in [2.45, 2.75) is 33.6 Å². The van der Waals surface area contributed by atoms with Gasteiger partial charge in [0.25, 0.3) is 11.5 Å². The topological polar surface area (TPSA) is 66.7 Å². The molecule has 1 saturated heterocycles. The van der Waals surface area contributed by atoms with Crippen LogP contribution in [0.2, 0.25) is 0 Å². The van der Waals surface area contributed by atoms with Crippen molar-refractivity contribution in [2.24, 2.45) is 0 Å². The van der Waals surface area contributed by atoms with E-state index >= 15 is 0 Å². The van der Waals surface area contributed by atoms with Crippen LogP contribution in [-0.4, -0.2) is 37.6 Å². The molecule has 6 nitrogen and oxygen atoms in total. The fraction of sp³-hybridized carbons (Fsp3) is 0.368. The third kappa shape index (κ3) is 3.91. The van der Waals surface area contributed by atoms with E-state index in [1.54, 1.807) is 17.2 Å². The number of carbonyl (C=O) groups excluding carboxylic acids is 1. The van der Waals surface area contributed by atoms with E-state index in [4.69, 9.17) is 12.2 Å². The van der Waals surface area contributed by atoms with Crippen molar-refractivity contribution < 1.29 is 4.79 Å². The summed E-state index contributed by atoms with van der Waals surface area (Å²) in [7, 11) is 0. The smallest absolute Gasteiger partial charge is 0.267 e. The molecule has 0 saturated carbocycles. The molecule has 0 spiro atoms. The summed E-state index contributed by atoms with van der Waals surface area (Å²) in [4.78, 5) is 32.4. The number of thiocarbonyl (C=S) groups is 1. The van der Waals surface area contributed by atoms with Crippen LogP contribution < -0.4 is 10.9 Å². The van der Waals surface area contributed by atoms with Gasteiger partial charge in [0.05, 0.1) is 10.5 Å². The first-order valence-corrected chi connectivity index (χ1v) is 10.2. The van der Waals surface area contributed by atoms with Crippen LogP contribution in [0.15, 0.2) is 28.0 Å². The Bertz CT molecular complexity index is 997. The average molecular weight is 403 g/mol. The number of fused-ring (bicyclic) bond motifs is 1. The molecule has 1 amide bonds. The van der Waals surface area contributed by atoms with Gasteiger partial charge >= 0.3 is 0 Å². The van der Waals surface area contributed by atoms with Crippen molar-refractivity contribution in [2.75, 3.05) is 18.4 Å². The maximum atomic E-state index is 13.1. The summed E-state index contributed by atoms with van der Waals surface area (Å²) in [6.07, 6.45) is 5.10. The Morgan fingerprint density at radius 1 is 1.26 bits per heavy atom. The van der Waals surface area contributed by atoms with Crippen LogP contribution in [0, 0.1) is 6.92 Å². The predicted molar refractivity (Wildman–Crippen MR) is 115 cm³/mol. The zero-order valence-electron chi connectivity index (χ0n) is 15.6. The van der Waals surface area contributed by atoms with Crippen LogP contribution >= 0.6 is 24.0 Å². The summed E-state index contributed by atoms with van der Waals surface area (Å²) < 4.78 is 2.05. The molecule has 1 aliphatic heterocycles. The van der Waals surface area contributed by atoms with Crippen molar-refractivity contribution in [1.29, 1.82) is 0 Å². The van der Waals surface area contributed by atoms with E-state index < -0.39 is 0 Å². The lowest BCUT2D eigenvalue weighted by Gasteiger charge is -2.12. The number of amides is 1. The van der Waals surface area contributed by atoms with Gasteiger partial charge in [-0.05, 0) is 37.5 Å². The largest absolute Gasteiger partial charge is 0.369 e. The summed E-state index contributed by atoms with van der Waals surface area (Å²) in [5, 5.41) is 3.21. The third-order valence-electron chi connectivity index (χ3n) is 4.14. The molecular weight excluding hydrogens is 380 g/mol. The number of aryl methyl sites for hydroxylation is 1. The minimum absolute atomic E-state index is 0.151. The van der Waals surface area contributed by atoms with Gasteiger partial charge in [0, 0.05) is 19.3 Å². The van der Waals surface area contributed by atoms with Crippen LogP contribution in [0.25, 0.3) is 11.7 Å². The molecule has 3 rings (SSSR count). The van der Waals surface area contributed by atoms with E-state index in [0.29, 0.717) is 39.3 Å². The fourth-order valence-corrected chi connectivity index (χ4v) is 4.10. The molecule has 0 aromatic carbocycles. The quantitative estimate of drug-likeness (QED) is 0.590. The monoisotopic (exact) mass is 402 g/mol. The van der Waals surface area contributed by atoms with E-state index in [-0.39, 0.29) is 11.5 Å². The van der Waals surface area contributed by atoms with Gasteiger partial charge in [-0.2, -0.15) is 0 Å². The highest BCUT2D eigenvalue weighted by molar-refractivity contribution is 8.26. The molecule has 0 aliphatic carbocycles. The lowest BCUT2D eigenvalue weighted by molar-refractivity contribution is -0.122. The van der Waals surface area contributed by atoms with Crippen molar-refractivity contribution >= 4 is 51.7 Å². The van der Waals surface area contributed by atoms with Crippen molar-refractivity contribution in [3.05, 3.63) is 44.7 Å². The molecule has 0 bridgehead atoms. The Morgan fingerprint density at radius 3 is 2.74 bits per heavy atom. The first-order chi connectivity index (χ1) is 13.0. The highest BCUT2D eigenvalue weighted by Gasteiger charge is 2.31. The lowest BCUT2D eigenvalue weighted by Crippen LogP contribution is -2.28. The van der Waals surface area contributed by atoms with Crippen molar-refractivity contribution in [3.8, 4) is 0 Å². The van der Waals surface area contributed by atoms with Crippen molar-refractivity contribution in [1.82, 2.24) is 14.3 Å². The highest BCUT2D eigenvalue weighted by atomic mass is 32.2. The number of thioether (sulfide) groups is 1. The minimum atomic E-state index is -0.205. The minimum Gasteiger partial charge on any atom is -0.369 e. The van der Waals surface area contributed by atoms with Crippen LogP contribution in [0.4, 0.5) is 5.82 Å².